The molecule has 4 rings (SSSR count). The second-order valence-corrected chi connectivity index (χ2v) is 6.95. The molecule has 0 bridgehead atoms. The Labute approximate surface area is 173 Å². The number of carbonyl (C=O) groups is 1. The quantitative estimate of drug-likeness (QED) is 0.506. The molecule has 1 amide bonds. The normalized spacial score (nSPS) is 10.8. The number of nitrogens with one attached hydrogen (secondary N) is 1. The number of rotatable bonds is 6. The molecular formula is C22H19ClN4O2. The molecule has 1 N–H and O–H groups in total. The van der Waals surface area contributed by atoms with Gasteiger partial charge in [0.05, 0.1) is 17.8 Å². The number of methoxy groups -OCH3 is 1. The van der Waals surface area contributed by atoms with Crippen molar-refractivity contribution < 1.29 is 9.53 Å². The number of nitrogens with zero attached hydrogens (tertiary/aromatic N) is 3. The smallest absolute Gasteiger partial charge is 0.224 e. The SMILES string of the molecule is COc1ccc(-n2nc3ccc(NC(=O)CCc4ccccc4)cc3n2)cc1Cl. The number of hydrogen-bond donors (Lipinski definition) is 1. The molecule has 1 aromatic heterocycles. The average Bonchev–Trinajstić information content (AvgIpc) is 3.16. The number of carbonyl (C=O) groups excluding carboxylic acids is 1. The number of benzene rings is 3. The van der Waals surface area contributed by atoms with Gasteiger partial charge in [0.2, 0.25) is 5.91 Å². The zero-order chi connectivity index (χ0) is 20.2. The first-order valence-corrected chi connectivity index (χ1v) is 9.55. The Balaban J connectivity index is 1.48. The molecule has 0 saturated heterocycles. The van der Waals surface area contributed by atoms with E-state index in [0.29, 0.717) is 34.8 Å². The fourth-order valence-corrected chi connectivity index (χ4v) is 3.27. The second-order valence-electron chi connectivity index (χ2n) is 6.55. The lowest BCUT2D eigenvalue weighted by atomic mass is 10.1. The summed E-state index contributed by atoms with van der Waals surface area (Å²) in [7, 11) is 1.57. The molecule has 0 unspecified atom stereocenters. The van der Waals surface area contributed by atoms with E-state index >= 15 is 0 Å². The van der Waals surface area contributed by atoms with Gasteiger partial charge in [-0.05, 0) is 48.4 Å². The van der Waals surface area contributed by atoms with Crippen LogP contribution in [-0.2, 0) is 11.2 Å². The topological polar surface area (TPSA) is 69.0 Å². The molecule has 0 fully saturated rings. The van der Waals surface area contributed by atoms with Crippen LogP contribution in [0.1, 0.15) is 12.0 Å². The maximum atomic E-state index is 12.3. The van der Waals surface area contributed by atoms with Crippen molar-refractivity contribution >= 4 is 34.2 Å². The van der Waals surface area contributed by atoms with E-state index < -0.39 is 0 Å². The molecule has 0 spiro atoms. The van der Waals surface area contributed by atoms with E-state index in [0.717, 1.165) is 16.8 Å². The van der Waals surface area contributed by atoms with E-state index in [1.807, 2.05) is 54.6 Å². The Morgan fingerprint density at radius 3 is 2.59 bits per heavy atom. The third kappa shape index (κ3) is 4.38. The molecule has 0 aliphatic carbocycles. The van der Waals surface area contributed by atoms with E-state index in [9.17, 15) is 4.79 Å². The number of hydrogen-bond acceptors (Lipinski definition) is 4. The molecule has 0 aliphatic rings. The van der Waals surface area contributed by atoms with Gasteiger partial charge in [0.1, 0.15) is 16.8 Å². The summed E-state index contributed by atoms with van der Waals surface area (Å²) in [5.74, 6) is 0.551. The first-order chi connectivity index (χ1) is 14.1. The van der Waals surface area contributed by atoms with Crippen molar-refractivity contribution in [2.24, 2.45) is 0 Å². The van der Waals surface area contributed by atoms with Crippen molar-refractivity contribution in [1.82, 2.24) is 15.0 Å². The molecule has 0 radical (unpaired) electrons. The van der Waals surface area contributed by atoms with Gasteiger partial charge in [-0.25, -0.2) is 0 Å². The van der Waals surface area contributed by atoms with Crippen LogP contribution >= 0.6 is 11.6 Å². The van der Waals surface area contributed by atoms with E-state index in [-0.39, 0.29) is 5.91 Å². The molecule has 0 atom stereocenters. The highest BCUT2D eigenvalue weighted by Gasteiger charge is 2.10. The van der Waals surface area contributed by atoms with Crippen LogP contribution in [0, 0.1) is 0 Å². The first kappa shape index (κ1) is 19.0. The third-order valence-corrected chi connectivity index (χ3v) is 4.81. The molecule has 6 nitrogen and oxygen atoms in total. The summed E-state index contributed by atoms with van der Waals surface area (Å²) in [6.07, 6.45) is 1.11. The summed E-state index contributed by atoms with van der Waals surface area (Å²) in [6.45, 7) is 0. The van der Waals surface area contributed by atoms with E-state index in [4.69, 9.17) is 16.3 Å². The zero-order valence-corrected chi connectivity index (χ0v) is 16.6. The summed E-state index contributed by atoms with van der Waals surface area (Å²) in [4.78, 5) is 13.8. The van der Waals surface area contributed by atoms with Crippen molar-refractivity contribution in [3.05, 3.63) is 77.3 Å². The summed E-state index contributed by atoms with van der Waals surface area (Å²) in [5.41, 5.74) is 3.95. The number of aryl methyl sites for hydroxylation is 1. The summed E-state index contributed by atoms with van der Waals surface area (Å²) < 4.78 is 5.17. The number of aromatic nitrogens is 3. The van der Waals surface area contributed by atoms with Gasteiger partial charge in [0.25, 0.3) is 0 Å². The predicted molar refractivity (Wildman–Crippen MR) is 114 cm³/mol. The predicted octanol–water partition coefficient (Wildman–Crippen LogP) is 4.65. The molecule has 7 heteroatoms. The van der Waals surface area contributed by atoms with Crippen LogP contribution in [0.2, 0.25) is 5.02 Å². The second kappa shape index (κ2) is 8.32. The number of halogens is 1. The van der Waals surface area contributed by atoms with Crippen molar-refractivity contribution in [1.29, 1.82) is 0 Å². The molecule has 29 heavy (non-hydrogen) atoms. The van der Waals surface area contributed by atoms with Gasteiger partial charge in [0.15, 0.2) is 0 Å². The maximum absolute atomic E-state index is 12.3. The van der Waals surface area contributed by atoms with Crippen LogP contribution in [0.3, 0.4) is 0 Å². The van der Waals surface area contributed by atoms with Crippen LogP contribution in [0.4, 0.5) is 5.69 Å². The lowest BCUT2D eigenvalue weighted by Gasteiger charge is -2.05. The molecule has 146 valence electrons. The number of ether oxygens (including phenoxy) is 1. The number of amides is 1. The van der Waals surface area contributed by atoms with E-state index in [1.165, 1.54) is 4.80 Å². The fourth-order valence-electron chi connectivity index (χ4n) is 3.01. The van der Waals surface area contributed by atoms with E-state index in [2.05, 4.69) is 15.5 Å². The van der Waals surface area contributed by atoms with Crippen molar-refractivity contribution in [2.45, 2.75) is 12.8 Å². The highest BCUT2D eigenvalue weighted by molar-refractivity contribution is 6.32. The summed E-state index contributed by atoms with van der Waals surface area (Å²) >= 11 is 6.19. The van der Waals surface area contributed by atoms with Crippen molar-refractivity contribution in [3.63, 3.8) is 0 Å². The van der Waals surface area contributed by atoms with Gasteiger partial charge in [-0.1, -0.05) is 41.9 Å². The van der Waals surface area contributed by atoms with Crippen LogP contribution in [-0.4, -0.2) is 28.0 Å². The van der Waals surface area contributed by atoms with Crippen LogP contribution in [0.15, 0.2) is 66.7 Å². The Morgan fingerprint density at radius 1 is 1.03 bits per heavy atom. The molecule has 1 heterocycles. The van der Waals surface area contributed by atoms with Crippen molar-refractivity contribution in [2.75, 3.05) is 12.4 Å². The molecule has 3 aromatic carbocycles. The average molecular weight is 407 g/mol. The van der Waals surface area contributed by atoms with E-state index in [1.54, 1.807) is 19.2 Å². The van der Waals surface area contributed by atoms with Crippen LogP contribution in [0.25, 0.3) is 16.7 Å². The number of fused-ring (bicyclic) bond motifs is 1. The lowest BCUT2D eigenvalue weighted by molar-refractivity contribution is -0.116. The third-order valence-electron chi connectivity index (χ3n) is 4.51. The van der Waals surface area contributed by atoms with Crippen molar-refractivity contribution in [3.8, 4) is 11.4 Å². The maximum Gasteiger partial charge on any atom is 0.224 e. The Kier molecular flexibility index (Phi) is 5.44. The summed E-state index contributed by atoms with van der Waals surface area (Å²) in [6, 6.07) is 20.7. The lowest BCUT2D eigenvalue weighted by Crippen LogP contribution is -2.12. The minimum Gasteiger partial charge on any atom is -0.495 e. The highest BCUT2D eigenvalue weighted by Crippen LogP contribution is 2.26. The summed E-state index contributed by atoms with van der Waals surface area (Å²) in [5, 5.41) is 12.4. The van der Waals surface area contributed by atoms with Crippen LogP contribution in [0.5, 0.6) is 5.75 Å². The highest BCUT2D eigenvalue weighted by atomic mass is 35.5. The zero-order valence-electron chi connectivity index (χ0n) is 15.8. The molecular weight excluding hydrogens is 388 g/mol. The first-order valence-electron chi connectivity index (χ1n) is 9.17. The van der Waals surface area contributed by atoms with Gasteiger partial charge >= 0.3 is 0 Å². The van der Waals surface area contributed by atoms with Gasteiger partial charge in [0, 0.05) is 12.1 Å². The fraction of sp³-hybridized carbons (Fsp3) is 0.136. The standard InChI is InChI=1S/C22H19ClN4O2/c1-29-21-11-9-17(14-18(21)23)27-25-19-10-8-16(13-20(19)26-27)24-22(28)12-7-15-5-3-2-4-6-15/h2-6,8-11,13-14H,7,12H2,1H3,(H,24,28). The monoisotopic (exact) mass is 406 g/mol. The number of anilines is 1. The minimum atomic E-state index is -0.0393. The molecule has 4 aromatic rings. The van der Waals surface area contributed by atoms with Gasteiger partial charge in [-0.2, -0.15) is 4.80 Å². The van der Waals surface area contributed by atoms with Gasteiger partial charge in [-0.3, -0.25) is 4.79 Å². The van der Waals surface area contributed by atoms with Gasteiger partial charge < -0.3 is 10.1 Å². The largest absolute Gasteiger partial charge is 0.495 e. The van der Waals surface area contributed by atoms with Gasteiger partial charge in [-0.15, -0.1) is 10.2 Å². The Morgan fingerprint density at radius 2 is 1.83 bits per heavy atom. The minimum absolute atomic E-state index is 0.0393. The molecule has 0 aliphatic heterocycles. The molecule has 0 saturated carbocycles. The van der Waals surface area contributed by atoms with Crippen LogP contribution < -0.4 is 10.1 Å². The Bertz CT molecular complexity index is 1160. The Hall–Kier alpha value is -3.38.